The molecule has 0 fully saturated rings. The summed E-state index contributed by atoms with van der Waals surface area (Å²) in [6, 6.07) is 1.80. The normalized spacial score (nSPS) is 12.8. The van der Waals surface area contributed by atoms with Gasteiger partial charge >= 0.3 is 0 Å². The van der Waals surface area contributed by atoms with Gasteiger partial charge in [0.15, 0.2) is 0 Å². The van der Waals surface area contributed by atoms with Crippen LogP contribution in [-0.2, 0) is 11.2 Å². The molecule has 1 heterocycles. The molecule has 4 heteroatoms. The van der Waals surface area contributed by atoms with Gasteiger partial charge in [0.1, 0.15) is 0 Å². The van der Waals surface area contributed by atoms with Crippen LogP contribution in [0.25, 0.3) is 0 Å². The largest absolute Gasteiger partial charge is 0.394 e. The maximum absolute atomic E-state index is 11.6. The molecule has 0 saturated heterocycles. The predicted molar refractivity (Wildman–Crippen MR) is 61.9 cm³/mol. The van der Waals surface area contributed by atoms with Gasteiger partial charge in [-0.1, -0.05) is 13.8 Å². The number of aliphatic hydroxyl groups is 1. The minimum Gasteiger partial charge on any atom is -0.394 e. The van der Waals surface area contributed by atoms with Crippen molar-refractivity contribution in [3.63, 3.8) is 0 Å². The third kappa shape index (κ3) is 4.01. The number of hydrogen-bond acceptors (Lipinski definition) is 3. The fraction of sp³-hybridized carbons (Fsp3) is 0.545. The number of aliphatic hydroxyl groups excluding tert-OH is 1. The number of nitrogens with one attached hydrogen (secondary N) is 1. The standard InChI is InChI=1S/C11H17NO2S/c1-8(2)10(6-13)12-11(14)5-9-3-4-15-7-9/h3-4,7-8,10,13H,5-6H2,1-2H3,(H,12,14)/t10-/m1/s1. The van der Waals surface area contributed by atoms with Gasteiger partial charge in [-0.3, -0.25) is 4.79 Å². The monoisotopic (exact) mass is 227 g/mol. The molecule has 0 aliphatic heterocycles. The molecule has 1 aromatic heterocycles. The van der Waals surface area contributed by atoms with E-state index in [1.807, 2.05) is 30.7 Å². The molecule has 0 aromatic carbocycles. The second-order valence-corrected chi connectivity index (χ2v) is 4.69. The zero-order chi connectivity index (χ0) is 11.3. The van der Waals surface area contributed by atoms with Gasteiger partial charge in [0.25, 0.3) is 0 Å². The highest BCUT2D eigenvalue weighted by Crippen LogP contribution is 2.07. The van der Waals surface area contributed by atoms with Crippen molar-refractivity contribution >= 4 is 17.2 Å². The molecule has 0 saturated carbocycles. The summed E-state index contributed by atoms with van der Waals surface area (Å²) in [6.07, 6.45) is 0.396. The first kappa shape index (κ1) is 12.2. The summed E-state index contributed by atoms with van der Waals surface area (Å²) in [5.41, 5.74) is 1.03. The van der Waals surface area contributed by atoms with Gasteiger partial charge in [0.05, 0.1) is 19.1 Å². The average molecular weight is 227 g/mol. The molecule has 0 radical (unpaired) electrons. The molecule has 1 atom stereocenters. The van der Waals surface area contributed by atoms with E-state index in [1.54, 1.807) is 11.3 Å². The highest BCUT2D eigenvalue weighted by atomic mass is 32.1. The smallest absolute Gasteiger partial charge is 0.224 e. The average Bonchev–Trinajstić information content (AvgIpc) is 2.66. The predicted octanol–water partition coefficient (Wildman–Crippen LogP) is 1.42. The van der Waals surface area contributed by atoms with Crippen LogP contribution in [0.3, 0.4) is 0 Å². The number of carbonyl (C=O) groups is 1. The number of hydrogen-bond donors (Lipinski definition) is 2. The molecule has 1 amide bonds. The first-order chi connectivity index (χ1) is 7.13. The Kier molecular flexibility index (Phi) is 4.78. The van der Waals surface area contributed by atoms with E-state index in [2.05, 4.69) is 5.32 Å². The van der Waals surface area contributed by atoms with Crippen molar-refractivity contribution in [2.45, 2.75) is 26.3 Å². The van der Waals surface area contributed by atoms with Crippen LogP contribution in [0.2, 0.25) is 0 Å². The molecule has 0 aliphatic carbocycles. The Morgan fingerprint density at radius 1 is 1.60 bits per heavy atom. The Bertz CT molecular complexity index is 296. The van der Waals surface area contributed by atoms with Crippen molar-refractivity contribution in [2.75, 3.05) is 6.61 Å². The van der Waals surface area contributed by atoms with Crippen LogP contribution < -0.4 is 5.32 Å². The second-order valence-electron chi connectivity index (χ2n) is 3.91. The molecular formula is C11H17NO2S. The van der Waals surface area contributed by atoms with Crippen molar-refractivity contribution in [3.05, 3.63) is 22.4 Å². The van der Waals surface area contributed by atoms with Gasteiger partial charge in [-0.2, -0.15) is 11.3 Å². The Morgan fingerprint density at radius 3 is 2.80 bits per heavy atom. The van der Waals surface area contributed by atoms with E-state index in [9.17, 15) is 4.79 Å². The second kappa shape index (κ2) is 5.88. The summed E-state index contributed by atoms with van der Waals surface area (Å²) in [5, 5.41) is 15.8. The van der Waals surface area contributed by atoms with E-state index in [0.29, 0.717) is 6.42 Å². The van der Waals surface area contributed by atoms with Gasteiger partial charge in [0, 0.05) is 0 Å². The van der Waals surface area contributed by atoms with Gasteiger partial charge in [-0.25, -0.2) is 0 Å². The van der Waals surface area contributed by atoms with Crippen LogP contribution in [0.1, 0.15) is 19.4 Å². The minimum absolute atomic E-state index is 0.00690. The van der Waals surface area contributed by atoms with Crippen LogP contribution in [0.5, 0.6) is 0 Å². The van der Waals surface area contributed by atoms with Crippen LogP contribution in [-0.4, -0.2) is 23.7 Å². The fourth-order valence-electron chi connectivity index (χ4n) is 1.26. The van der Waals surface area contributed by atoms with Gasteiger partial charge in [0.2, 0.25) is 5.91 Å². The Morgan fingerprint density at radius 2 is 2.33 bits per heavy atom. The van der Waals surface area contributed by atoms with E-state index in [-0.39, 0.29) is 24.5 Å². The zero-order valence-electron chi connectivity index (χ0n) is 9.06. The van der Waals surface area contributed by atoms with Crippen molar-refractivity contribution in [1.82, 2.24) is 5.32 Å². The molecule has 0 spiro atoms. The first-order valence-corrected chi connectivity index (χ1v) is 5.99. The summed E-state index contributed by atoms with van der Waals surface area (Å²) in [7, 11) is 0. The summed E-state index contributed by atoms with van der Waals surface area (Å²) in [4.78, 5) is 11.6. The number of carbonyl (C=O) groups excluding carboxylic acids is 1. The SMILES string of the molecule is CC(C)[C@@H](CO)NC(=O)Cc1ccsc1. The van der Waals surface area contributed by atoms with E-state index in [0.717, 1.165) is 5.56 Å². The lowest BCUT2D eigenvalue weighted by atomic mass is 10.1. The fourth-order valence-corrected chi connectivity index (χ4v) is 1.93. The molecular weight excluding hydrogens is 210 g/mol. The van der Waals surface area contributed by atoms with Crippen molar-refractivity contribution < 1.29 is 9.90 Å². The molecule has 0 unspecified atom stereocenters. The van der Waals surface area contributed by atoms with Gasteiger partial charge < -0.3 is 10.4 Å². The van der Waals surface area contributed by atoms with E-state index in [4.69, 9.17) is 5.11 Å². The third-order valence-corrected chi connectivity index (χ3v) is 3.02. The third-order valence-electron chi connectivity index (χ3n) is 2.29. The van der Waals surface area contributed by atoms with E-state index >= 15 is 0 Å². The topological polar surface area (TPSA) is 49.3 Å². The van der Waals surface area contributed by atoms with Crippen LogP contribution in [0, 0.1) is 5.92 Å². The number of rotatable bonds is 5. The maximum Gasteiger partial charge on any atom is 0.224 e. The van der Waals surface area contributed by atoms with Crippen LogP contribution in [0.15, 0.2) is 16.8 Å². The molecule has 3 nitrogen and oxygen atoms in total. The first-order valence-electron chi connectivity index (χ1n) is 5.04. The molecule has 2 N–H and O–H groups in total. The molecule has 0 bridgehead atoms. The Hall–Kier alpha value is -0.870. The van der Waals surface area contributed by atoms with Gasteiger partial charge in [-0.15, -0.1) is 0 Å². The van der Waals surface area contributed by atoms with Gasteiger partial charge in [-0.05, 0) is 28.3 Å². The summed E-state index contributed by atoms with van der Waals surface area (Å²) in [6.45, 7) is 3.95. The molecule has 0 aliphatic rings. The highest BCUT2D eigenvalue weighted by molar-refractivity contribution is 7.07. The zero-order valence-corrected chi connectivity index (χ0v) is 9.88. The molecule has 84 valence electrons. The molecule has 15 heavy (non-hydrogen) atoms. The van der Waals surface area contributed by atoms with E-state index in [1.165, 1.54) is 0 Å². The minimum atomic E-state index is -0.142. The van der Waals surface area contributed by atoms with Crippen LogP contribution in [0.4, 0.5) is 0 Å². The van der Waals surface area contributed by atoms with E-state index < -0.39 is 0 Å². The lowest BCUT2D eigenvalue weighted by molar-refractivity contribution is -0.121. The summed E-state index contributed by atoms with van der Waals surface area (Å²) < 4.78 is 0. The van der Waals surface area contributed by atoms with Crippen LogP contribution >= 0.6 is 11.3 Å². The highest BCUT2D eigenvalue weighted by Gasteiger charge is 2.14. The van der Waals surface area contributed by atoms with Crippen molar-refractivity contribution in [1.29, 1.82) is 0 Å². The lowest BCUT2D eigenvalue weighted by Gasteiger charge is -2.19. The maximum atomic E-state index is 11.6. The Balaban J connectivity index is 2.41. The van der Waals surface area contributed by atoms with Crippen molar-refractivity contribution in [2.24, 2.45) is 5.92 Å². The summed E-state index contributed by atoms with van der Waals surface area (Å²) >= 11 is 1.58. The summed E-state index contributed by atoms with van der Waals surface area (Å²) in [5.74, 6) is 0.225. The van der Waals surface area contributed by atoms with Crippen molar-refractivity contribution in [3.8, 4) is 0 Å². The quantitative estimate of drug-likeness (QED) is 0.799. The lowest BCUT2D eigenvalue weighted by Crippen LogP contribution is -2.41. The molecule has 1 aromatic rings. The Labute approximate surface area is 94.1 Å². The number of thiophene rings is 1. The number of amides is 1. The molecule has 1 rings (SSSR count).